The molecule has 5 rings (SSSR count). The molecule has 0 bridgehead atoms. The van der Waals surface area contributed by atoms with E-state index >= 15 is 0 Å². The lowest BCUT2D eigenvalue weighted by molar-refractivity contribution is 0.0929. The van der Waals surface area contributed by atoms with E-state index in [1.54, 1.807) is 29.2 Å². The van der Waals surface area contributed by atoms with Crippen molar-refractivity contribution in [3.63, 3.8) is 0 Å². The van der Waals surface area contributed by atoms with E-state index in [1.165, 1.54) is 24.3 Å². The fraction of sp³-hybridized carbons (Fsp3) is 0.240. The highest BCUT2D eigenvalue weighted by Crippen LogP contribution is 2.46. The first-order valence-electron chi connectivity index (χ1n) is 10.6. The molecule has 1 aliphatic carbocycles. The Morgan fingerprint density at radius 3 is 2.53 bits per heavy atom. The van der Waals surface area contributed by atoms with Crippen molar-refractivity contribution in [3.05, 3.63) is 94.0 Å². The molecular formula is C25H21ClFN3O2. The lowest BCUT2D eigenvalue weighted by Gasteiger charge is -2.30. The smallest absolute Gasteiger partial charge is 0.258 e. The molecule has 162 valence electrons. The molecule has 0 spiro atoms. The first-order valence-corrected chi connectivity index (χ1v) is 11.0. The van der Waals surface area contributed by atoms with Gasteiger partial charge < -0.3 is 10.2 Å². The number of hydrogen-bond donors (Lipinski definition) is 1. The van der Waals surface area contributed by atoms with Gasteiger partial charge in [-0.3, -0.25) is 14.6 Å². The Balaban J connectivity index is 1.39. The molecule has 0 atom stereocenters. The van der Waals surface area contributed by atoms with Gasteiger partial charge in [-0.05, 0) is 80.3 Å². The van der Waals surface area contributed by atoms with E-state index in [1.807, 2.05) is 12.1 Å². The minimum Gasteiger partial charge on any atom is -0.341 e. The number of aryl methyl sites for hydroxylation is 1. The normalized spacial score (nSPS) is 16.2. The first-order chi connectivity index (χ1) is 15.4. The molecule has 1 aliphatic heterocycles. The molecule has 2 amide bonds. The second kappa shape index (κ2) is 8.02. The van der Waals surface area contributed by atoms with E-state index in [-0.39, 0.29) is 17.6 Å². The van der Waals surface area contributed by atoms with Gasteiger partial charge >= 0.3 is 0 Å². The van der Waals surface area contributed by atoms with Crippen molar-refractivity contribution in [1.82, 2.24) is 10.3 Å². The van der Waals surface area contributed by atoms with Crippen LogP contribution in [-0.4, -0.2) is 23.3 Å². The number of hydrogen-bond acceptors (Lipinski definition) is 3. The Hall–Kier alpha value is -3.25. The summed E-state index contributed by atoms with van der Waals surface area (Å²) in [6.07, 6.45) is 3.16. The number of halogens is 2. The summed E-state index contributed by atoms with van der Waals surface area (Å²) >= 11 is 6.06. The number of fused-ring (bicyclic) bond motifs is 1. The maximum Gasteiger partial charge on any atom is 0.258 e. The number of rotatable bonds is 4. The van der Waals surface area contributed by atoms with Gasteiger partial charge in [0, 0.05) is 22.7 Å². The minimum absolute atomic E-state index is 0.103. The highest BCUT2D eigenvalue weighted by molar-refractivity contribution is 6.31. The van der Waals surface area contributed by atoms with Gasteiger partial charge in [0.1, 0.15) is 5.82 Å². The van der Waals surface area contributed by atoms with Gasteiger partial charge in [0.15, 0.2) is 0 Å². The van der Waals surface area contributed by atoms with Crippen molar-refractivity contribution in [2.45, 2.75) is 31.2 Å². The quantitative estimate of drug-likeness (QED) is 0.617. The summed E-state index contributed by atoms with van der Waals surface area (Å²) in [5.41, 5.74) is 2.88. The zero-order valence-corrected chi connectivity index (χ0v) is 18.0. The number of carbonyl (C=O) groups is 2. The van der Waals surface area contributed by atoms with E-state index in [9.17, 15) is 14.0 Å². The Morgan fingerprint density at radius 2 is 1.81 bits per heavy atom. The van der Waals surface area contributed by atoms with Crippen molar-refractivity contribution in [1.29, 1.82) is 0 Å². The van der Waals surface area contributed by atoms with Crippen LogP contribution in [0.3, 0.4) is 0 Å². The van der Waals surface area contributed by atoms with Crippen LogP contribution >= 0.6 is 11.6 Å². The van der Waals surface area contributed by atoms with Gasteiger partial charge in [0.05, 0.1) is 22.6 Å². The summed E-state index contributed by atoms with van der Waals surface area (Å²) in [6.45, 7) is 0.617. The number of pyridine rings is 1. The largest absolute Gasteiger partial charge is 0.341 e. The molecule has 5 nitrogen and oxygen atoms in total. The predicted molar refractivity (Wildman–Crippen MR) is 120 cm³/mol. The molecule has 7 heteroatoms. The summed E-state index contributed by atoms with van der Waals surface area (Å²) in [7, 11) is 0. The minimum atomic E-state index is -0.514. The maximum absolute atomic E-state index is 13.2. The first kappa shape index (κ1) is 20.6. The third kappa shape index (κ3) is 3.86. The SMILES string of the molecule is O=C(NC1(c2ccc3c(n2)CCCN3C(=O)c2cccc(Cl)c2)CC1)c1ccc(F)cc1. The van der Waals surface area contributed by atoms with E-state index in [0.29, 0.717) is 22.7 Å². The summed E-state index contributed by atoms with van der Waals surface area (Å²) in [5, 5.41) is 3.60. The van der Waals surface area contributed by atoms with Gasteiger partial charge in [0.25, 0.3) is 11.8 Å². The number of benzene rings is 2. The van der Waals surface area contributed by atoms with Gasteiger partial charge in [0.2, 0.25) is 0 Å². The Bertz CT molecular complexity index is 1210. The Labute approximate surface area is 190 Å². The van der Waals surface area contributed by atoms with Crippen LogP contribution in [0.1, 0.15) is 51.4 Å². The number of aromatic nitrogens is 1. The van der Waals surface area contributed by atoms with E-state index < -0.39 is 5.54 Å². The molecule has 1 saturated carbocycles. The Morgan fingerprint density at radius 1 is 1.03 bits per heavy atom. The number of nitrogens with zero attached hydrogens (tertiary/aromatic N) is 2. The van der Waals surface area contributed by atoms with Crippen molar-refractivity contribution < 1.29 is 14.0 Å². The van der Waals surface area contributed by atoms with Crippen molar-refractivity contribution in [3.8, 4) is 0 Å². The molecule has 2 heterocycles. The molecule has 1 fully saturated rings. The second-order valence-corrected chi connectivity index (χ2v) is 8.71. The van der Waals surface area contributed by atoms with Crippen LogP contribution in [0.15, 0.2) is 60.7 Å². The summed E-state index contributed by atoms with van der Waals surface area (Å²) in [4.78, 5) is 32.4. The molecule has 1 N–H and O–H groups in total. The molecule has 1 aromatic heterocycles. The molecular weight excluding hydrogens is 429 g/mol. The Kier molecular flexibility index (Phi) is 5.18. The topological polar surface area (TPSA) is 62.3 Å². The number of carbonyl (C=O) groups excluding carboxylic acids is 2. The zero-order chi connectivity index (χ0) is 22.3. The van der Waals surface area contributed by atoms with Crippen LogP contribution < -0.4 is 10.2 Å². The molecule has 3 aromatic rings. The second-order valence-electron chi connectivity index (χ2n) is 8.28. The van der Waals surface area contributed by atoms with E-state index in [2.05, 4.69) is 5.32 Å². The molecule has 2 aromatic carbocycles. The highest BCUT2D eigenvalue weighted by atomic mass is 35.5. The molecule has 0 radical (unpaired) electrons. The molecule has 32 heavy (non-hydrogen) atoms. The standard InChI is InChI=1S/C25H21ClFN3O2/c26-18-4-1-3-17(15-18)24(32)30-14-2-5-20-21(30)10-11-22(28-20)25(12-13-25)29-23(31)16-6-8-19(27)9-7-16/h1,3-4,6-11,15H,2,5,12-14H2,(H,29,31). The van der Waals surface area contributed by atoms with Crippen molar-refractivity contribution in [2.75, 3.05) is 11.4 Å². The van der Waals surface area contributed by atoms with Crippen LogP contribution in [-0.2, 0) is 12.0 Å². The van der Waals surface area contributed by atoms with Gasteiger partial charge in [-0.2, -0.15) is 0 Å². The van der Waals surface area contributed by atoms with Crippen LogP contribution in [0.4, 0.5) is 10.1 Å². The fourth-order valence-corrected chi connectivity index (χ4v) is 4.35. The van der Waals surface area contributed by atoms with Gasteiger partial charge in [-0.25, -0.2) is 4.39 Å². The van der Waals surface area contributed by atoms with E-state index in [4.69, 9.17) is 16.6 Å². The van der Waals surface area contributed by atoms with Crippen LogP contribution in [0.5, 0.6) is 0 Å². The lowest BCUT2D eigenvalue weighted by atomic mass is 10.0. The number of amides is 2. The van der Waals surface area contributed by atoms with Gasteiger partial charge in [-0.1, -0.05) is 17.7 Å². The summed E-state index contributed by atoms with van der Waals surface area (Å²) in [6, 6.07) is 16.2. The molecule has 0 saturated heterocycles. The predicted octanol–water partition coefficient (Wildman–Crippen LogP) is 4.89. The third-order valence-corrected chi connectivity index (χ3v) is 6.29. The zero-order valence-electron chi connectivity index (χ0n) is 17.3. The molecule has 2 aliphatic rings. The van der Waals surface area contributed by atoms with Crippen LogP contribution in [0.2, 0.25) is 5.02 Å². The monoisotopic (exact) mass is 449 g/mol. The lowest BCUT2D eigenvalue weighted by Crippen LogP contribution is -2.38. The summed E-state index contributed by atoms with van der Waals surface area (Å²) < 4.78 is 13.2. The number of nitrogens with one attached hydrogen (secondary N) is 1. The third-order valence-electron chi connectivity index (χ3n) is 6.05. The average molecular weight is 450 g/mol. The fourth-order valence-electron chi connectivity index (χ4n) is 4.16. The average Bonchev–Trinajstić information content (AvgIpc) is 3.59. The molecule has 0 unspecified atom stereocenters. The van der Waals surface area contributed by atoms with Gasteiger partial charge in [-0.15, -0.1) is 0 Å². The van der Waals surface area contributed by atoms with Crippen LogP contribution in [0, 0.1) is 5.82 Å². The highest BCUT2D eigenvalue weighted by Gasteiger charge is 2.47. The van der Waals surface area contributed by atoms with Crippen molar-refractivity contribution in [2.24, 2.45) is 0 Å². The maximum atomic E-state index is 13.2. The van der Waals surface area contributed by atoms with Crippen molar-refractivity contribution >= 4 is 29.1 Å². The van der Waals surface area contributed by atoms with E-state index in [0.717, 1.165) is 42.8 Å². The summed E-state index contributed by atoms with van der Waals surface area (Å²) in [5.74, 6) is -0.732. The van der Waals surface area contributed by atoms with Crippen LogP contribution in [0.25, 0.3) is 0 Å². The number of anilines is 1.